The molecule has 0 bridgehead atoms. The third kappa shape index (κ3) is 3700. The van der Waals surface area contributed by atoms with Crippen molar-refractivity contribution < 1.29 is 45.0 Å². The Morgan fingerprint density at radius 2 is 0.467 bits per heavy atom. The Kier molecular flexibility index (Phi) is 70.5. The van der Waals surface area contributed by atoms with Crippen LogP contribution in [0.3, 0.4) is 0 Å². The molecule has 0 aliphatic heterocycles. The summed E-state index contributed by atoms with van der Waals surface area (Å²) in [6, 6.07) is 0. The van der Waals surface area contributed by atoms with E-state index in [0.717, 1.165) is 0 Å². The van der Waals surface area contributed by atoms with Gasteiger partial charge < -0.3 is 30.6 Å². The molecule has 0 aliphatic carbocycles. The first-order chi connectivity index (χ1) is 5.20. The summed E-state index contributed by atoms with van der Waals surface area (Å²) in [5.41, 5.74) is 0. The van der Waals surface area contributed by atoms with Crippen LogP contribution in [0.4, 0.5) is 14.4 Å². The Hall–Kier alpha value is 0.810. The first-order valence-electron chi connectivity index (χ1n) is 1.95. The van der Waals surface area contributed by atoms with Gasteiger partial charge in [0.05, 0.1) is 0 Å². The summed E-state index contributed by atoms with van der Waals surface area (Å²) in [4.78, 5) is 25.7. The van der Waals surface area contributed by atoms with E-state index in [1.54, 1.807) is 0 Å². The van der Waals surface area contributed by atoms with Crippen molar-refractivity contribution in [2.45, 2.75) is 0 Å². The Morgan fingerprint density at radius 3 is 0.467 bits per heavy atom. The van der Waals surface area contributed by atoms with E-state index in [1.165, 1.54) is 0 Å². The second-order valence-corrected chi connectivity index (χ2v) is 0.848. The maximum atomic E-state index is 8.56. The zero-order chi connectivity index (χ0) is 10.7. The van der Waals surface area contributed by atoms with Gasteiger partial charge in [-0.3, -0.25) is 0 Å². The van der Waals surface area contributed by atoms with Crippen molar-refractivity contribution in [1.82, 2.24) is 0 Å². The molecule has 0 atom stereocenters. The molecule has 0 amide bonds. The summed E-state index contributed by atoms with van der Waals surface area (Å²) >= 11 is 0. The van der Waals surface area contributed by atoms with E-state index in [4.69, 9.17) is 45.0 Å². The molecule has 78 valence electrons. The van der Waals surface area contributed by atoms with Crippen LogP contribution in [0.5, 0.6) is 0 Å². The van der Waals surface area contributed by atoms with Crippen molar-refractivity contribution in [3.63, 3.8) is 0 Å². The summed E-state index contributed by atoms with van der Waals surface area (Å²) in [6.45, 7) is 0. The molecule has 0 aromatic rings. The fourth-order valence-electron chi connectivity index (χ4n) is 0. The molecule has 15 heavy (non-hydrogen) atoms. The molecule has 6 N–H and O–H groups in total. The van der Waals surface area contributed by atoms with Gasteiger partial charge in [0, 0.05) is 0 Å². The second-order valence-electron chi connectivity index (χ2n) is 0.848. The third-order valence-electron chi connectivity index (χ3n) is 0. The number of hydrogen-bond acceptors (Lipinski definition) is 3. The van der Waals surface area contributed by atoms with Crippen LogP contribution in [0.1, 0.15) is 0 Å². The van der Waals surface area contributed by atoms with Crippen molar-refractivity contribution in [1.29, 1.82) is 0 Å². The Balaban J connectivity index is -0.0000000184. The molecule has 0 heterocycles. The first-order valence-corrected chi connectivity index (χ1v) is 1.95. The summed E-state index contributed by atoms with van der Waals surface area (Å²) in [5.74, 6) is 0. The predicted molar refractivity (Wildman–Crippen MR) is 53.4 cm³/mol. The summed E-state index contributed by atoms with van der Waals surface area (Å²) in [7, 11) is 0. The zero-order valence-electron chi connectivity index (χ0n) is 5.41. The summed E-state index contributed by atoms with van der Waals surface area (Å²) in [6.07, 6.45) is -5.50. The molecule has 0 fully saturated rings. The van der Waals surface area contributed by atoms with Crippen molar-refractivity contribution in [3.8, 4) is 0 Å². The average Bonchev–Trinajstić information content (AvgIpc) is 1.54. The average molecular weight is 258 g/mol. The number of carbonyl (C=O) groups is 3. The number of carboxylic acid groups (broad SMARTS) is 6. The van der Waals surface area contributed by atoms with Crippen LogP contribution in [0.2, 0.25) is 0 Å². The van der Waals surface area contributed by atoms with E-state index in [2.05, 4.69) is 0 Å². The van der Waals surface area contributed by atoms with Crippen molar-refractivity contribution in [2.24, 2.45) is 0 Å². The van der Waals surface area contributed by atoms with Crippen LogP contribution in [0.15, 0.2) is 0 Å². The van der Waals surface area contributed by atoms with E-state index in [1.807, 2.05) is 0 Å². The topological polar surface area (TPSA) is 173 Å². The predicted octanol–water partition coefficient (Wildman–Crippen LogP) is -1.28. The molecular weight excluding hydrogens is 249 g/mol. The van der Waals surface area contributed by atoms with E-state index in [9.17, 15) is 0 Å². The van der Waals surface area contributed by atoms with Gasteiger partial charge >= 0.3 is 107 Å². The molecule has 0 radical (unpaired) electrons. The molecular formula is C3H9Na3O9. The van der Waals surface area contributed by atoms with Crippen LogP contribution in [-0.4, -0.2) is 138 Å². The molecule has 12 heteroatoms. The van der Waals surface area contributed by atoms with Gasteiger partial charge in [0.25, 0.3) is 0 Å². The monoisotopic (exact) mass is 258 g/mol. The molecule has 0 spiro atoms. The molecule has 9 nitrogen and oxygen atoms in total. The van der Waals surface area contributed by atoms with Gasteiger partial charge in [0.15, 0.2) is 0 Å². The Bertz CT molecular complexity index is 118. The van der Waals surface area contributed by atoms with E-state index in [0.29, 0.717) is 0 Å². The van der Waals surface area contributed by atoms with Crippen LogP contribution in [0.25, 0.3) is 0 Å². The summed E-state index contributed by atoms with van der Waals surface area (Å²) in [5, 5.41) is 41.8. The molecule has 0 aromatic carbocycles. The SMILES string of the molecule is O=C(O)O.O=C(O)O.O=C(O)O.[NaH].[NaH].[NaH]. The molecule has 0 unspecified atom stereocenters. The molecule has 0 saturated heterocycles. The fourth-order valence-corrected chi connectivity index (χ4v) is 0. The van der Waals surface area contributed by atoms with Crippen molar-refractivity contribution >= 4 is 107 Å². The van der Waals surface area contributed by atoms with E-state index in [-0.39, 0.29) is 88.7 Å². The van der Waals surface area contributed by atoms with Gasteiger partial charge in [0.2, 0.25) is 0 Å². The van der Waals surface area contributed by atoms with Crippen molar-refractivity contribution in [3.05, 3.63) is 0 Å². The maximum absolute atomic E-state index is 8.56. The van der Waals surface area contributed by atoms with Crippen LogP contribution >= 0.6 is 0 Å². The fraction of sp³-hybridized carbons (Fsp3) is 0. The number of rotatable bonds is 0. The van der Waals surface area contributed by atoms with Gasteiger partial charge in [0.1, 0.15) is 0 Å². The molecule has 0 aromatic heterocycles. The van der Waals surface area contributed by atoms with E-state index >= 15 is 0 Å². The Morgan fingerprint density at radius 1 is 0.467 bits per heavy atom. The van der Waals surface area contributed by atoms with Gasteiger partial charge in [-0.1, -0.05) is 0 Å². The van der Waals surface area contributed by atoms with Gasteiger partial charge in [-0.15, -0.1) is 0 Å². The van der Waals surface area contributed by atoms with Crippen LogP contribution in [-0.2, 0) is 0 Å². The molecule has 0 rings (SSSR count). The van der Waals surface area contributed by atoms with Gasteiger partial charge in [-0.25, -0.2) is 14.4 Å². The Labute approximate surface area is 150 Å². The van der Waals surface area contributed by atoms with Crippen molar-refractivity contribution in [2.75, 3.05) is 0 Å². The van der Waals surface area contributed by atoms with Gasteiger partial charge in [-0.05, 0) is 0 Å². The molecule has 0 saturated carbocycles. The minimum atomic E-state index is -1.83. The normalized spacial score (nSPS) is 4.80. The van der Waals surface area contributed by atoms with Crippen LogP contribution < -0.4 is 0 Å². The number of hydrogen-bond donors (Lipinski definition) is 6. The third-order valence-corrected chi connectivity index (χ3v) is 0. The quantitative estimate of drug-likeness (QED) is 0.289. The van der Waals surface area contributed by atoms with Crippen LogP contribution in [0, 0.1) is 0 Å². The van der Waals surface area contributed by atoms with Gasteiger partial charge in [-0.2, -0.15) is 0 Å². The van der Waals surface area contributed by atoms with E-state index < -0.39 is 18.5 Å². The zero-order valence-corrected chi connectivity index (χ0v) is 5.41. The standard InChI is InChI=1S/3CH2O3.3Na.3H/c3*2-1(3)4;;;;;;/h3*(H2,2,3,4);;;;;;. The second kappa shape index (κ2) is 29.3. The summed E-state index contributed by atoms with van der Waals surface area (Å²) < 4.78 is 0. The molecule has 0 aliphatic rings. The minimum absolute atomic E-state index is 0. The first kappa shape index (κ1) is 36.0.